The number of oxazole rings is 1. The standard InChI is InChI=1S/C24H24N4O2/c1-15-6-4-8-17(12-15)23(29)26-18-9-5-7-16(13-18)22-19(14-25-28-22)24-27-20-10-2-3-11-21(20)30-24/h2-3,5,7,9-11,13-15,17H,4,6,8,12H2,1H3,(H,25,28)(H,26,29). The van der Waals surface area contributed by atoms with Gasteiger partial charge in [0, 0.05) is 23.4 Å². The quantitative estimate of drug-likeness (QED) is 0.464. The molecule has 1 aliphatic carbocycles. The zero-order valence-electron chi connectivity index (χ0n) is 16.9. The van der Waals surface area contributed by atoms with Crippen molar-refractivity contribution in [3.05, 3.63) is 54.7 Å². The van der Waals surface area contributed by atoms with Crippen molar-refractivity contribution >= 4 is 22.7 Å². The second-order valence-corrected chi connectivity index (χ2v) is 8.17. The third-order valence-corrected chi connectivity index (χ3v) is 5.88. The Morgan fingerprint density at radius 3 is 2.93 bits per heavy atom. The third kappa shape index (κ3) is 3.61. The van der Waals surface area contributed by atoms with Crippen LogP contribution in [0.25, 0.3) is 33.8 Å². The average Bonchev–Trinajstić information content (AvgIpc) is 3.41. The van der Waals surface area contributed by atoms with E-state index in [9.17, 15) is 4.79 Å². The van der Waals surface area contributed by atoms with Gasteiger partial charge in [-0.3, -0.25) is 9.89 Å². The van der Waals surface area contributed by atoms with Crippen molar-refractivity contribution in [1.29, 1.82) is 0 Å². The Labute approximate surface area is 174 Å². The molecule has 0 radical (unpaired) electrons. The number of aromatic nitrogens is 3. The summed E-state index contributed by atoms with van der Waals surface area (Å²) < 4.78 is 5.92. The molecule has 2 N–H and O–H groups in total. The van der Waals surface area contributed by atoms with Crippen molar-refractivity contribution in [3.63, 3.8) is 0 Å². The van der Waals surface area contributed by atoms with E-state index in [4.69, 9.17) is 4.42 Å². The predicted molar refractivity (Wildman–Crippen MR) is 117 cm³/mol. The second-order valence-electron chi connectivity index (χ2n) is 8.17. The number of hydrogen-bond donors (Lipinski definition) is 2. The smallest absolute Gasteiger partial charge is 0.231 e. The number of amides is 1. The molecule has 5 rings (SSSR count). The normalized spacial score (nSPS) is 19.1. The van der Waals surface area contributed by atoms with Gasteiger partial charge in [0.1, 0.15) is 11.2 Å². The number of H-pyrrole nitrogens is 1. The van der Waals surface area contributed by atoms with E-state index in [1.165, 1.54) is 6.42 Å². The number of fused-ring (bicyclic) bond motifs is 1. The molecule has 2 unspecified atom stereocenters. The van der Waals surface area contributed by atoms with E-state index >= 15 is 0 Å². The van der Waals surface area contributed by atoms with Crippen molar-refractivity contribution < 1.29 is 9.21 Å². The monoisotopic (exact) mass is 400 g/mol. The van der Waals surface area contributed by atoms with Crippen LogP contribution in [0.2, 0.25) is 0 Å². The Balaban J connectivity index is 1.41. The van der Waals surface area contributed by atoms with Gasteiger partial charge in [-0.25, -0.2) is 4.98 Å². The number of carbonyl (C=O) groups is 1. The van der Waals surface area contributed by atoms with Crippen LogP contribution in [0.1, 0.15) is 32.6 Å². The third-order valence-electron chi connectivity index (χ3n) is 5.88. The highest BCUT2D eigenvalue weighted by Gasteiger charge is 2.25. The summed E-state index contributed by atoms with van der Waals surface area (Å²) in [7, 11) is 0. The van der Waals surface area contributed by atoms with E-state index in [-0.39, 0.29) is 11.8 Å². The minimum absolute atomic E-state index is 0.0955. The zero-order chi connectivity index (χ0) is 20.5. The maximum Gasteiger partial charge on any atom is 0.231 e. The Morgan fingerprint density at radius 1 is 1.17 bits per heavy atom. The van der Waals surface area contributed by atoms with Crippen LogP contribution in [0.5, 0.6) is 0 Å². The Kier molecular flexibility index (Phi) is 4.83. The highest BCUT2D eigenvalue weighted by atomic mass is 16.3. The molecular weight excluding hydrogens is 376 g/mol. The summed E-state index contributed by atoms with van der Waals surface area (Å²) in [4.78, 5) is 17.3. The first-order valence-corrected chi connectivity index (χ1v) is 10.5. The fourth-order valence-electron chi connectivity index (χ4n) is 4.32. The fraction of sp³-hybridized carbons (Fsp3) is 0.292. The fourth-order valence-corrected chi connectivity index (χ4v) is 4.32. The molecule has 0 saturated heterocycles. The Morgan fingerprint density at radius 2 is 2.07 bits per heavy atom. The number of anilines is 1. The van der Waals surface area contributed by atoms with Gasteiger partial charge in [-0.05, 0) is 43.0 Å². The molecule has 152 valence electrons. The van der Waals surface area contributed by atoms with E-state index in [2.05, 4.69) is 27.4 Å². The molecule has 6 heteroatoms. The highest BCUT2D eigenvalue weighted by Crippen LogP contribution is 2.33. The summed E-state index contributed by atoms with van der Waals surface area (Å²) >= 11 is 0. The van der Waals surface area contributed by atoms with Gasteiger partial charge in [-0.1, -0.05) is 44.0 Å². The Hall–Kier alpha value is -3.41. The lowest BCUT2D eigenvalue weighted by Gasteiger charge is -2.25. The van der Waals surface area contributed by atoms with Gasteiger partial charge in [0.25, 0.3) is 0 Å². The lowest BCUT2D eigenvalue weighted by Crippen LogP contribution is -2.27. The van der Waals surface area contributed by atoms with E-state index in [1.54, 1.807) is 6.20 Å². The van der Waals surface area contributed by atoms with E-state index in [0.717, 1.165) is 52.9 Å². The van der Waals surface area contributed by atoms with Crippen molar-refractivity contribution in [2.24, 2.45) is 11.8 Å². The highest BCUT2D eigenvalue weighted by molar-refractivity contribution is 5.93. The SMILES string of the molecule is CC1CCCC(C(=O)Nc2cccc(-c3n[nH]cc3-c3nc4ccccc4o3)c2)C1. The van der Waals surface area contributed by atoms with Crippen molar-refractivity contribution in [1.82, 2.24) is 15.2 Å². The molecule has 1 saturated carbocycles. The summed E-state index contributed by atoms with van der Waals surface area (Å²) in [6.45, 7) is 2.23. The van der Waals surface area contributed by atoms with Crippen LogP contribution in [0.3, 0.4) is 0 Å². The van der Waals surface area contributed by atoms with Crippen LogP contribution in [0, 0.1) is 11.8 Å². The van der Waals surface area contributed by atoms with Crippen molar-refractivity contribution in [3.8, 4) is 22.7 Å². The number of para-hydroxylation sites is 2. The molecule has 1 aliphatic rings. The number of carbonyl (C=O) groups excluding carboxylic acids is 1. The molecule has 2 aromatic heterocycles. The second kappa shape index (κ2) is 7.78. The van der Waals surface area contributed by atoms with Crippen LogP contribution in [-0.4, -0.2) is 21.1 Å². The summed E-state index contributed by atoms with van der Waals surface area (Å²) in [6.07, 6.45) is 6.07. The summed E-state index contributed by atoms with van der Waals surface area (Å²) in [5.41, 5.74) is 4.75. The maximum atomic E-state index is 12.7. The number of nitrogens with zero attached hydrogens (tertiary/aromatic N) is 2. The largest absolute Gasteiger partial charge is 0.436 e. The number of benzene rings is 2. The van der Waals surface area contributed by atoms with E-state index in [0.29, 0.717) is 11.8 Å². The molecular formula is C24H24N4O2. The molecule has 4 aromatic rings. The van der Waals surface area contributed by atoms with Gasteiger partial charge < -0.3 is 9.73 Å². The molecule has 1 amide bonds. The zero-order valence-corrected chi connectivity index (χ0v) is 16.9. The number of aromatic amines is 1. The van der Waals surface area contributed by atoms with Crippen LogP contribution >= 0.6 is 0 Å². The number of nitrogens with one attached hydrogen (secondary N) is 2. The average molecular weight is 400 g/mol. The first kappa shape index (κ1) is 18.6. The van der Waals surface area contributed by atoms with Crippen molar-refractivity contribution in [2.45, 2.75) is 32.6 Å². The molecule has 1 fully saturated rings. The summed E-state index contributed by atoms with van der Waals surface area (Å²) in [6, 6.07) is 15.4. The molecule has 0 spiro atoms. The molecule has 30 heavy (non-hydrogen) atoms. The van der Waals surface area contributed by atoms with Crippen LogP contribution in [0.15, 0.2) is 59.1 Å². The van der Waals surface area contributed by atoms with Gasteiger partial charge in [0.05, 0.1) is 5.56 Å². The van der Waals surface area contributed by atoms with E-state index < -0.39 is 0 Å². The summed E-state index contributed by atoms with van der Waals surface area (Å²) in [5.74, 6) is 1.34. The molecule has 0 bridgehead atoms. The molecule has 0 aliphatic heterocycles. The predicted octanol–water partition coefficient (Wildman–Crippen LogP) is 5.65. The van der Waals surface area contributed by atoms with Gasteiger partial charge >= 0.3 is 0 Å². The number of rotatable bonds is 4. The van der Waals surface area contributed by atoms with Gasteiger partial charge in [-0.15, -0.1) is 0 Å². The molecule has 2 atom stereocenters. The van der Waals surface area contributed by atoms with E-state index in [1.807, 2.05) is 48.5 Å². The summed E-state index contributed by atoms with van der Waals surface area (Å²) in [5, 5.41) is 10.4. The number of hydrogen-bond acceptors (Lipinski definition) is 4. The van der Waals surface area contributed by atoms with Crippen LogP contribution in [0.4, 0.5) is 5.69 Å². The lowest BCUT2D eigenvalue weighted by atomic mass is 9.82. The topological polar surface area (TPSA) is 83.8 Å². The molecule has 6 nitrogen and oxygen atoms in total. The van der Waals surface area contributed by atoms with Crippen LogP contribution < -0.4 is 5.32 Å². The Bertz CT molecular complexity index is 1160. The minimum Gasteiger partial charge on any atom is -0.436 e. The lowest BCUT2D eigenvalue weighted by molar-refractivity contribution is -0.121. The maximum absolute atomic E-state index is 12.7. The molecule has 2 heterocycles. The molecule has 2 aromatic carbocycles. The van der Waals surface area contributed by atoms with Crippen LogP contribution in [-0.2, 0) is 4.79 Å². The first-order valence-electron chi connectivity index (χ1n) is 10.5. The van der Waals surface area contributed by atoms with Gasteiger partial charge in [0.15, 0.2) is 5.58 Å². The first-order chi connectivity index (χ1) is 14.7. The van der Waals surface area contributed by atoms with Gasteiger partial charge in [-0.2, -0.15) is 5.10 Å². The van der Waals surface area contributed by atoms with Crippen molar-refractivity contribution in [2.75, 3.05) is 5.32 Å². The minimum atomic E-state index is 0.0955. The van der Waals surface area contributed by atoms with Gasteiger partial charge in [0.2, 0.25) is 11.8 Å².